The summed E-state index contributed by atoms with van der Waals surface area (Å²) < 4.78 is 0. The van der Waals surface area contributed by atoms with Gasteiger partial charge in [0.2, 0.25) is 12.1 Å². The summed E-state index contributed by atoms with van der Waals surface area (Å²) in [5.41, 5.74) is 0.602. The van der Waals surface area contributed by atoms with Crippen LogP contribution in [-0.2, 0) is 9.59 Å². The van der Waals surface area contributed by atoms with E-state index in [0.717, 1.165) is 5.01 Å². The number of hydrogen-bond acceptors (Lipinski definition) is 4. The molecule has 0 bridgehead atoms. The van der Waals surface area contributed by atoms with Gasteiger partial charge >= 0.3 is 5.97 Å². The van der Waals surface area contributed by atoms with Crippen LogP contribution >= 0.6 is 11.6 Å². The quantitative estimate of drug-likeness (QED) is 0.845. The standard InChI is InChI=1S/C11H11ClN2O4/c12-7-1-3-8(4-2-7)13-6-5-9(15)14(13)10(16)11(17)18/h1-4,10,16H,5-6H2,(H,17,18). The van der Waals surface area contributed by atoms with Crippen LogP contribution in [0.4, 0.5) is 5.69 Å². The van der Waals surface area contributed by atoms with Gasteiger partial charge in [0.25, 0.3) is 0 Å². The fourth-order valence-electron chi connectivity index (χ4n) is 1.80. The molecule has 1 aliphatic heterocycles. The van der Waals surface area contributed by atoms with E-state index >= 15 is 0 Å². The fourth-order valence-corrected chi connectivity index (χ4v) is 1.92. The largest absolute Gasteiger partial charge is 0.478 e. The summed E-state index contributed by atoms with van der Waals surface area (Å²) in [6, 6.07) is 6.57. The number of amides is 1. The maximum absolute atomic E-state index is 11.6. The fraction of sp³-hybridized carbons (Fsp3) is 0.273. The maximum Gasteiger partial charge on any atom is 0.355 e. The predicted octanol–water partition coefficient (Wildman–Crippen LogP) is 0.697. The van der Waals surface area contributed by atoms with Gasteiger partial charge in [-0.05, 0) is 24.3 Å². The Labute approximate surface area is 108 Å². The lowest BCUT2D eigenvalue weighted by Crippen LogP contribution is -2.50. The van der Waals surface area contributed by atoms with Crippen LogP contribution in [0.1, 0.15) is 6.42 Å². The molecule has 96 valence electrons. The smallest absolute Gasteiger partial charge is 0.355 e. The molecule has 7 heteroatoms. The molecule has 1 fully saturated rings. The Morgan fingerprint density at radius 3 is 2.50 bits per heavy atom. The van der Waals surface area contributed by atoms with Crippen LogP contribution in [0.25, 0.3) is 0 Å². The Morgan fingerprint density at radius 1 is 1.33 bits per heavy atom. The van der Waals surface area contributed by atoms with Crippen molar-refractivity contribution in [1.29, 1.82) is 0 Å². The highest BCUT2D eigenvalue weighted by molar-refractivity contribution is 6.30. The molecule has 1 amide bonds. The summed E-state index contributed by atoms with van der Waals surface area (Å²) in [7, 11) is 0. The average molecular weight is 271 g/mol. The number of anilines is 1. The maximum atomic E-state index is 11.6. The number of carboxylic acids is 1. The summed E-state index contributed by atoms with van der Waals surface area (Å²) >= 11 is 5.75. The normalized spacial score (nSPS) is 17.1. The van der Waals surface area contributed by atoms with Gasteiger partial charge in [-0.1, -0.05) is 11.6 Å². The monoisotopic (exact) mass is 270 g/mol. The summed E-state index contributed by atoms with van der Waals surface area (Å²) in [5.74, 6) is -1.90. The molecule has 0 radical (unpaired) electrons. The van der Waals surface area contributed by atoms with Crippen LogP contribution in [0.5, 0.6) is 0 Å². The van der Waals surface area contributed by atoms with Crippen molar-refractivity contribution in [2.24, 2.45) is 0 Å². The van der Waals surface area contributed by atoms with E-state index in [1.165, 1.54) is 5.01 Å². The Balaban J connectivity index is 2.29. The topological polar surface area (TPSA) is 81.1 Å². The lowest BCUT2D eigenvalue weighted by molar-refractivity contribution is -0.163. The van der Waals surface area contributed by atoms with Gasteiger partial charge in [-0.2, -0.15) is 0 Å². The average Bonchev–Trinajstić information content (AvgIpc) is 2.71. The number of hydrazine groups is 1. The number of aliphatic hydroxyl groups is 1. The zero-order chi connectivity index (χ0) is 13.3. The van der Waals surface area contributed by atoms with E-state index in [1.54, 1.807) is 24.3 Å². The van der Waals surface area contributed by atoms with E-state index in [0.29, 0.717) is 17.3 Å². The molecule has 18 heavy (non-hydrogen) atoms. The minimum absolute atomic E-state index is 0.160. The van der Waals surface area contributed by atoms with Gasteiger partial charge < -0.3 is 10.2 Å². The first-order chi connectivity index (χ1) is 8.50. The van der Waals surface area contributed by atoms with Gasteiger partial charge in [0.1, 0.15) is 0 Å². The van der Waals surface area contributed by atoms with Gasteiger partial charge in [-0.25, -0.2) is 9.80 Å². The van der Waals surface area contributed by atoms with Crippen LogP contribution in [0, 0.1) is 0 Å². The van der Waals surface area contributed by atoms with Crippen molar-refractivity contribution < 1.29 is 19.8 Å². The van der Waals surface area contributed by atoms with Crippen molar-refractivity contribution in [3.63, 3.8) is 0 Å². The van der Waals surface area contributed by atoms with Crippen molar-refractivity contribution in [2.45, 2.75) is 12.6 Å². The third-order valence-electron chi connectivity index (χ3n) is 2.63. The highest BCUT2D eigenvalue weighted by atomic mass is 35.5. The van der Waals surface area contributed by atoms with Crippen molar-refractivity contribution >= 4 is 29.2 Å². The first kappa shape index (κ1) is 12.7. The second kappa shape index (κ2) is 4.83. The van der Waals surface area contributed by atoms with Gasteiger partial charge in [-0.15, -0.1) is 0 Å². The zero-order valence-electron chi connectivity index (χ0n) is 9.28. The van der Waals surface area contributed by atoms with E-state index in [4.69, 9.17) is 16.7 Å². The van der Waals surface area contributed by atoms with Crippen LogP contribution in [0.15, 0.2) is 24.3 Å². The zero-order valence-corrected chi connectivity index (χ0v) is 10.0. The molecule has 1 aromatic carbocycles. The molecular weight excluding hydrogens is 260 g/mol. The molecule has 1 heterocycles. The molecule has 0 saturated carbocycles. The SMILES string of the molecule is O=C(O)C(O)N1C(=O)CCN1c1ccc(Cl)cc1. The molecule has 1 saturated heterocycles. The highest BCUT2D eigenvalue weighted by Crippen LogP contribution is 2.25. The van der Waals surface area contributed by atoms with Gasteiger partial charge in [-0.3, -0.25) is 9.80 Å². The van der Waals surface area contributed by atoms with E-state index in [2.05, 4.69) is 0 Å². The number of benzene rings is 1. The third kappa shape index (κ3) is 2.25. The molecule has 2 N–H and O–H groups in total. The summed E-state index contributed by atoms with van der Waals surface area (Å²) in [4.78, 5) is 22.4. The number of nitrogens with zero attached hydrogens (tertiary/aromatic N) is 2. The first-order valence-corrected chi connectivity index (χ1v) is 5.64. The molecule has 1 aliphatic rings. The minimum Gasteiger partial charge on any atom is -0.478 e. The number of rotatable bonds is 3. The molecular formula is C11H11ClN2O4. The second-order valence-electron chi connectivity index (χ2n) is 3.80. The Kier molecular flexibility index (Phi) is 3.40. The lowest BCUT2D eigenvalue weighted by Gasteiger charge is -2.31. The van der Waals surface area contributed by atoms with Crippen LogP contribution in [0.3, 0.4) is 0 Å². The lowest BCUT2D eigenvalue weighted by atomic mass is 10.3. The van der Waals surface area contributed by atoms with E-state index < -0.39 is 18.1 Å². The highest BCUT2D eigenvalue weighted by Gasteiger charge is 2.37. The summed E-state index contributed by atoms with van der Waals surface area (Å²) in [5, 5.41) is 21.1. The third-order valence-corrected chi connectivity index (χ3v) is 2.88. The Bertz CT molecular complexity index is 476. The number of carbonyl (C=O) groups excluding carboxylic acids is 1. The molecule has 1 aromatic rings. The van der Waals surface area contributed by atoms with Gasteiger partial charge in [0.15, 0.2) is 0 Å². The van der Waals surface area contributed by atoms with Crippen LogP contribution < -0.4 is 5.01 Å². The predicted molar refractivity (Wildman–Crippen MR) is 63.9 cm³/mol. The van der Waals surface area contributed by atoms with Gasteiger partial charge in [0, 0.05) is 18.0 Å². The van der Waals surface area contributed by atoms with Crippen molar-refractivity contribution in [2.75, 3.05) is 11.6 Å². The Hall–Kier alpha value is -1.79. The van der Waals surface area contributed by atoms with Gasteiger partial charge in [0.05, 0.1) is 5.69 Å². The number of aliphatic hydroxyl groups excluding tert-OH is 1. The molecule has 0 aromatic heterocycles. The molecule has 1 atom stereocenters. The van der Waals surface area contributed by atoms with Crippen LogP contribution in [-0.4, -0.2) is 39.9 Å². The van der Waals surface area contributed by atoms with Crippen molar-refractivity contribution in [3.8, 4) is 0 Å². The number of halogens is 1. The number of hydrogen-bond donors (Lipinski definition) is 2. The van der Waals surface area contributed by atoms with Crippen molar-refractivity contribution in [1.82, 2.24) is 5.01 Å². The van der Waals surface area contributed by atoms with Crippen molar-refractivity contribution in [3.05, 3.63) is 29.3 Å². The number of carbonyl (C=O) groups is 2. The number of carboxylic acid groups (broad SMARTS) is 1. The number of aliphatic carboxylic acids is 1. The summed E-state index contributed by atoms with van der Waals surface area (Å²) in [6.07, 6.45) is -1.72. The molecule has 0 aliphatic carbocycles. The molecule has 1 unspecified atom stereocenters. The summed E-state index contributed by atoms with van der Waals surface area (Å²) in [6.45, 7) is 0.324. The second-order valence-corrected chi connectivity index (χ2v) is 4.24. The molecule has 2 rings (SSSR count). The minimum atomic E-state index is -1.88. The first-order valence-electron chi connectivity index (χ1n) is 5.26. The molecule has 6 nitrogen and oxygen atoms in total. The van der Waals surface area contributed by atoms with E-state index in [1.807, 2.05) is 0 Å². The van der Waals surface area contributed by atoms with Crippen LogP contribution in [0.2, 0.25) is 5.02 Å². The van der Waals surface area contributed by atoms with E-state index in [-0.39, 0.29) is 6.42 Å². The Morgan fingerprint density at radius 2 is 1.94 bits per heavy atom. The molecule has 0 spiro atoms. The van der Waals surface area contributed by atoms with E-state index in [9.17, 15) is 14.7 Å².